The van der Waals surface area contributed by atoms with Gasteiger partial charge in [-0.25, -0.2) is 0 Å². The summed E-state index contributed by atoms with van der Waals surface area (Å²) in [5.41, 5.74) is 3.75. The van der Waals surface area contributed by atoms with Crippen molar-refractivity contribution < 1.29 is 5.11 Å². The van der Waals surface area contributed by atoms with Crippen LogP contribution in [0.2, 0.25) is 0 Å². The number of hydrogen-bond acceptors (Lipinski definition) is 3. The van der Waals surface area contributed by atoms with Gasteiger partial charge in [-0.15, -0.1) is 0 Å². The molecule has 0 unspecified atom stereocenters. The molecule has 2 atom stereocenters. The number of aliphatic hydroxyl groups is 1. The third kappa shape index (κ3) is 2.42. The Kier molecular flexibility index (Phi) is 3.64. The van der Waals surface area contributed by atoms with Gasteiger partial charge in [0.25, 0.3) is 0 Å². The maximum atomic E-state index is 8.69. The van der Waals surface area contributed by atoms with Gasteiger partial charge >= 0.3 is 0 Å². The molecular formula is C13H21N3O. The molecule has 17 heavy (non-hydrogen) atoms. The molecule has 2 rings (SSSR count). The zero-order chi connectivity index (χ0) is 12.4. The smallest absolute Gasteiger partial charge is 0.0626 e. The SMILES string of the molecule is C[C@@H]1CN(C)[C@H](C)c2cc(C=NCCO)[nH]c21. The Balaban J connectivity index is 2.25. The maximum Gasteiger partial charge on any atom is 0.0626 e. The Morgan fingerprint density at radius 1 is 1.59 bits per heavy atom. The zero-order valence-corrected chi connectivity index (χ0v) is 10.8. The van der Waals surface area contributed by atoms with Crippen molar-refractivity contribution in [3.63, 3.8) is 0 Å². The summed E-state index contributed by atoms with van der Waals surface area (Å²) >= 11 is 0. The third-order valence-electron chi connectivity index (χ3n) is 3.53. The number of likely N-dealkylation sites (N-methyl/N-ethyl adjacent to an activating group) is 1. The van der Waals surface area contributed by atoms with Crippen LogP contribution in [-0.4, -0.2) is 47.9 Å². The Morgan fingerprint density at radius 2 is 2.35 bits per heavy atom. The van der Waals surface area contributed by atoms with Crippen molar-refractivity contribution in [1.82, 2.24) is 9.88 Å². The zero-order valence-electron chi connectivity index (χ0n) is 10.8. The summed E-state index contributed by atoms with van der Waals surface area (Å²) < 4.78 is 0. The predicted octanol–water partition coefficient (Wildman–Crippen LogP) is 1.54. The molecule has 0 aliphatic carbocycles. The van der Waals surface area contributed by atoms with Crippen LogP contribution in [0.3, 0.4) is 0 Å². The molecular weight excluding hydrogens is 214 g/mol. The van der Waals surface area contributed by atoms with E-state index in [4.69, 9.17) is 5.11 Å². The van der Waals surface area contributed by atoms with Crippen LogP contribution in [0.25, 0.3) is 0 Å². The average Bonchev–Trinajstić information content (AvgIpc) is 2.71. The van der Waals surface area contributed by atoms with Crippen LogP contribution in [-0.2, 0) is 0 Å². The lowest BCUT2D eigenvalue weighted by Gasteiger charge is -2.33. The lowest BCUT2D eigenvalue weighted by Crippen LogP contribution is -2.32. The van der Waals surface area contributed by atoms with Crippen LogP contribution in [0.15, 0.2) is 11.1 Å². The molecule has 0 amide bonds. The number of aromatic amines is 1. The van der Waals surface area contributed by atoms with Gasteiger partial charge in [0.1, 0.15) is 0 Å². The van der Waals surface area contributed by atoms with E-state index < -0.39 is 0 Å². The third-order valence-corrected chi connectivity index (χ3v) is 3.53. The van der Waals surface area contributed by atoms with Gasteiger partial charge in [-0.3, -0.25) is 9.89 Å². The normalized spacial score (nSPS) is 25.4. The number of aliphatic hydroxyl groups excluding tert-OH is 1. The Bertz CT molecular complexity index is 411. The minimum atomic E-state index is 0.104. The molecule has 0 spiro atoms. The molecule has 0 fully saturated rings. The standard InChI is InChI=1S/C13H21N3O/c1-9-8-16(3)10(2)12-6-11(15-13(9)12)7-14-4-5-17/h6-7,9-10,15,17H,4-5,8H2,1-3H3/t9-,10-/m1/s1. The van der Waals surface area contributed by atoms with Gasteiger partial charge in [-0.2, -0.15) is 0 Å². The summed E-state index contributed by atoms with van der Waals surface area (Å²) in [6, 6.07) is 2.63. The lowest BCUT2D eigenvalue weighted by atomic mass is 9.93. The van der Waals surface area contributed by atoms with Crippen molar-refractivity contribution in [1.29, 1.82) is 0 Å². The summed E-state index contributed by atoms with van der Waals surface area (Å²) in [4.78, 5) is 9.96. The topological polar surface area (TPSA) is 51.6 Å². The summed E-state index contributed by atoms with van der Waals surface area (Å²) in [6.07, 6.45) is 1.81. The van der Waals surface area contributed by atoms with Crippen molar-refractivity contribution in [2.45, 2.75) is 25.8 Å². The van der Waals surface area contributed by atoms with Crippen molar-refractivity contribution in [3.8, 4) is 0 Å². The fourth-order valence-electron chi connectivity index (χ4n) is 2.47. The molecule has 0 radical (unpaired) electrons. The van der Waals surface area contributed by atoms with Gasteiger partial charge in [-0.05, 0) is 25.6 Å². The predicted molar refractivity (Wildman–Crippen MR) is 69.8 cm³/mol. The number of aromatic nitrogens is 1. The first-order chi connectivity index (χ1) is 8.13. The van der Waals surface area contributed by atoms with E-state index in [9.17, 15) is 0 Å². The number of nitrogens with zero attached hydrogens (tertiary/aromatic N) is 2. The van der Waals surface area contributed by atoms with Crippen LogP contribution in [0.5, 0.6) is 0 Å². The van der Waals surface area contributed by atoms with E-state index in [0.717, 1.165) is 12.2 Å². The van der Waals surface area contributed by atoms with E-state index in [0.29, 0.717) is 18.5 Å². The maximum absolute atomic E-state index is 8.69. The van der Waals surface area contributed by atoms with Crippen molar-refractivity contribution in [3.05, 3.63) is 23.0 Å². The average molecular weight is 235 g/mol. The molecule has 4 nitrogen and oxygen atoms in total. The largest absolute Gasteiger partial charge is 0.394 e. The van der Waals surface area contributed by atoms with E-state index >= 15 is 0 Å². The van der Waals surface area contributed by atoms with Crippen molar-refractivity contribution in [2.24, 2.45) is 4.99 Å². The van der Waals surface area contributed by atoms with Gasteiger partial charge in [0.15, 0.2) is 0 Å². The fourth-order valence-corrected chi connectivity index (χ4v) is 2.47. The molecule has 0 bridgehead atoms. The number of rotatable bonds is 3. The molecule has 1 aliphatic heterocycles. The first kappa shape index (κ1) is 12.3. The molecule has 4 heteroatoms. The Labute approximate surface area is 102 Å². The second-order valence-electron chi connectivity index (χ2n) is 4.87. The van der Waals surface area contributed by atoms with Crippen molar-refractivity contribution >= 4 is 6.21 Å². The molecule has 0 saturated carbocycles. The quantitative estimate of drug-likeness (QED) is 0.781. The molecule has 1 aliphatic rings. The lowest BCUT2D eigenvalue weighted by molar-refractivity contribution is 0.227. The molecule has 0 saturated heterocycles. The summed E-state index contributed by atoms with van der Waals surface area (Å²) in [5, 5.41) is 8.69. The molecule has 1 aromatic rings. The number of nitrogens with one attached hydrogen (secondary N) is 1. The number of H-pyrrole nitrogens is 1. The number of fused-ring (bicyclic) bond motifs is 1. The van der Waals surface area contributed by atoms with E-state index in [1.165, 1.54) is 11.3 Å². The van der Waals surface area contributed by atoms with Gasteiger partial charge in [0.05, 0.1) is 18.8 Å². The van der Waals surface area contributed by atoms with Gasteiger partial charge in [0, 0.05) is 30.4 Å². The molecule has 1 aromatic heterocycles. The number of aliphatic imine (C=N–C) groups is 1. The Hall–Kier alpha value is -1.13. The second-order valence-corrected chi connectivity index (χ2v) is 4.87. The summed E-state index contributed by atoms with van der Waals surface area (Å²) in [5.74, 6) is 0.534. The van der Waals surface area contributed by atoms with Crippen LogP contribution < -0.4 is 0 Å². The highest BCUT2D eigenvalue weighted by Crippen LogP contribution is 2.34. The fraction of sp³-hybridized carbons (Fsp3) is 0.615. The van der Waals surface area contributed by atoms with Crippen LogP contribution in [0.4, 0.5) is 0 Å². The molecule has 94 valence electrons. The van der Waals surface area contributed by atoms with Gasteiger partial charge in [-0.1, -0.05) is 6.92 Å². The summed E-state index contributed by atoms with van der Waals surface area (Å²) in [7, 11) is 2.16. The van der Waals surface area contributed by atoms with Gasteiger partial charge < -0.3 is 10.1 Å². The first-order valence-electron chi connectivity index (χ1n) is 6.17. The van der Waals surface area contributed by atoms with E-state index in [2.05, 4.69) is 41.8 Å². The minimum absolute atomic E-state index is 0.104. The van der Waals surface area contributed by atoms with Crippen LogP contribution in [0, 0.1) is 0 Å². The highest BCUT2D eigenvalue weighted by atomic mass is 16.3. The highest BCUT2D eigenvalue weighted by molar-refractivity contribution is 5.78. The van der Waals surface area contributed by atoms with E-state index in [-0.39, 0.29) is 6.61 Å². The van der Waals surface area contributed by atoms with Gasteiger partial charge in [0.2, 0.25) is 0 Å². The molecule has 2 N–H and O–H groups in total. The second kappa shape index (κ2) is 5.02. The summed E-state index contributed by atoms with van der Waals surface area (Å²) in [6.45, 7) is 6.13. The molecule has 0 aromatic carbocycles. The monoisotopic (exact) mass is 235 g/mol. The Morgan fingerprint density at radius 3 is 3.06 bits per heavy atom. The molecule has 2 heterocycles. The van der Waals surface area contributed by atoms with Crippen LogP contribution >= 0.6 is 0 Å². The van der Waals surface area contributed by atoms with Crippen molar-refractivity contribution in [2.75, 3.05) is 26.7 Å². The number of hydrogen-bond donors (Lipinski definition) is 2. The van der Waals surface area contributed by atoms with E-state index in [1.54, 1.807) is 0 Å². The highest BCUT2D eigenvalue weighted by Gasteiger charge is 2.27. The first-order valence-corrected chi connectivity index (χ1v) is 6.17. The minimum Gasteiger partial charge on any atom is -0.394 e. The van der Waals surface area contributed by atoms with Crippen LogP contribution in [0.1, 0.15) is 42.8 Å². The van der Waals surface area contributed by atoms with E-state index in [1.807, 2.05) is 6.21 Å².